The molecule has 6 nitrogen and oxygen atoms in total. The molecular formula is C24H35NO5. The molecule has 1 aromatic carbocycles. The summed E-state index contributed by atoms with van der Waals surface area (Å²) >= 11 is 0. The van der Waals surface area contributed by atoms with Gasteiger partial charge in [0.25, 0.3) is 0 Å². The van der Waals surface area contributed by atoms with Crippen LogP contribution >= 0.6 is 0 Å². The average Bonchev–Trinajstić information content (AvgIpc) is 2.98. The van der Waals surface area contributed by atoms with E-state index in [2.05, 4.69) is 6.92 Å². The maximum atomic E-state index is 13.5. The summed E-state index contributed by atoms with van der Waals surface area (Å²) in [5, 5.41) is 0. The molecule has 6 heteroatoms. The number of ether oxygens (including phenoxy) is 2. The molecule has 1 aliphatic heterocycles. The number of carbonyl (C=O) groups excluding carboxylic acids is 3. The fraction of sp³-hybridized carbons (Fsp3) is 0.625. The highest BCUT2D eigenvalue weighted by molar-refractivity contribution is 5.96. The van der Waals surface area contributed by atoms with E-state index >= 15 is 0 Å². The summed E-state index contributed by atoms with van der Waals surface area (Å²) in [7, 11) is 0. The van der Waals surface area contributed by atoms with Crippen molar-refractivity contribution in [1.29, 1.82) is 0 Å². The summed E-state index contributed by atoms with van der Waals surface area (Å²) in [5.41, 5.74) is 0.206. The Balaban J connectivity index is 2.23. The molecular weight excluding hydrogens is 382 g/mol. The Labute approximate surface area is 179 Å². The second-order valence-electron chi connectivity index (χ2n) is 9.09. The van der Waals surface area contributed by atoms with Crippen LogP contribution in [0.2, 0.25) is 0 Å². The van der Waals surface area contributed by atoms with Crippen molar-refractivity contribution < 1.29 is 23.9 Å². The lowest BCUT2D eigenvalue weighted by Gasteiger charge is -2.29. The van der Waals surface area contributed by atoms with E-state index in [9.17, 15) is 14.4 Å². The van der Waals surface area contributed by atoms with Gasteiger partial charge in [0.15, 0.2) is 0 Å². The van der Waals surface area contributed by atoms with E-state index in [0.717, 1.165) is 24.8 Å². The normalized spacial score (nSPS) is 21.1. The number of unbranched alkanes of at least 4 members (excludes halogenated alkanes) is 2. The van der Waals surface area contributed by atoms with Gasteiger partial charge in [0.05, 0.1) is 17.9 Å². The van der Waals surface area contributed by atoms with E-state index in [1.165, 1.54) is 4.90 Å². The maximum absolute atomic E-state index is 13.5. The second kappa shape index (κ2) is 10.1. The molecule has 0 saturated carbocycles. The number of esters is 1. The van der Waals surface area contributed by atoms with Crippen LogP contribution in [0.5, 0.6) is 0 Å². The van der Waals surface area contributed by atoms with Crippen LogP contribution in [0.1, 0.15) is 78.9 Å². The SMILES string of the molecule is CCCCC[C@H](C(=O)N1C(=O)O[C@@H](c2ccccc2)[C@H]1C)C(C)C(=O)OC(C)(C)C. The highest BCUT2D eigenvalue weighted by Gasteiger charge is 2.47. The third-order valence-electron chi connectivity index (χ3n) is 5.45. The van der Waals surface area contributed by atoms with Crippen molar-refractivity contribution in [2.24, 2.45) is 11.8 Å². The number of imide groups is 1. The summed E-state index contributed by atoms with van der Waals surface area (Å²) in [4.78, 5) is 40.0. The Morgan fingerprint density at radius 2 is 1.80 bits per heavy atom. The first kappa shape index (κ1) is 23.9. The molecule has 0 bridgehead atoms. The summed E-state index contributed by atoms with van der Waals surface area (Å²) in [6.07, 6.45) is 2.12. The third kappa shape index (κ3) is 5.83. The van der Waals surface area contributed by atoms with Crippen LogP contribution in [0, 0.1) is 11.8 Å². The van der Waals surface area contributed by atoms with Crippen molar-refractivity contribution in [3.63, 3.8) is 0 Å². The first-order valence-electron chi connectivity index (χ1n) is 10.9. The molecule has 1 fully saturated rings. The Kier molecular flexibility index (Phi) is 8.04. The predicted molar refractivity (Wildman–Crippen MR) is 115 cm³/mol. The molecule has 2 rings (SSSR count). The minimum absolute atomic E-state index is 0.361. The molecule has 0 spiro atoms. The molecule has 1 aliphatic rings. The standard InChI is InChI=1S/C24H35NO5/c1-7-8-10-15-19(16(2)22(27)30-24(4,5)6)21(26)25-17(3)20(29-23(25)28)18-13-11-9-12-14-18/h9,11-14,16-17,19-20H,7-8,10,15H2,1-6H3/t16?,17-,19+,20-/m1/s1. The van der Waals surface area contributed by atoms with Crippen molar-refractivity contribution in [3.05, 3.63) is 35.9 Å². The smallest absolute Gasteiger partial charge is 0.417 e. The summed E-state index contributed by atoms with van der Waals surface area (Å²) in [6.45, 7) is 11.0. The van der Waals surface area contributed by atoms with Crippen LogP contribution in [0.3, 0.4) is 0 Å². The number of benzene rings is 1. The summed E-state index contributed by atoms with van der Waals surface area (Å²) in [6, 6.07) is 8.94. The predicted octanol–water partition coefficient (Wildman–Crippen LogP) is 5.27. The monoisotopic (exact) mass is 417 g/mol. The van der Waals surface area contributed by atoms with Gasteiger partial charge in [0.1, 0.15) is 11.7 Å². The minimum Gasteiger partial charge on any atom is -0.460 e. The topological polar surface area (TPSA) is 72.9 Å². The quantitative estimate of drug-likeness (QED) is 0.426. The zero-order chi connectivity index (χ0) is 22.5. The van der Waals surface area contributed by atoms with Crippen molar-refractivity contribution in [1.82, 2.24) is 4.90 Å². The first-order chi connectivity index (χ1) is 14.1. The van der Waals surface area contributed by atoms with Gasteiger partial charge >= 0.3 is 12.1 Å². The van der Waals surface area contributed by atoms with Gasteiger partial charge < -0.3 is 9.47 Å². The van der Waals surface area contributed by atoms with Gasteiger partial charge in [-0.05, 0) is 39.7 Å². The second-order valence-corrected chi connectivity index (χ2v) is 9.09. The van der Waals surface area contributed by atoms with E-state index in [1.54, 1.807) is 27.7 Å². The zero-order valence-electron chi connectivity index (χ0n) is 19.0. The zero-order valence-corrected chi connectivity index (χ0v) is 19.0. The number of cyclic esters (lactones) is 1. The number of nitrogens with zero attached hydrogens (tertiary/aromatic N) is 1. The Morgan fingerprint density at radius 3 is 2.37 bits per heavy atom. The summed E-state index contributed by atoms with van der Waals surface area (Å²) < 4.78 is 11.1. The van der Waals surface area contributed by atoms with Crippen molar-refractivity contribution in [3.8, 4) is 0 Å². The van der Waals surface area contributed by atoms with Crippen molar-refractivity contribution in [2.75, 3.05) is 0 Å². The van der Waals surface area contributed by atoms with Gasteiger partial charge in [-0.3, -0.25) is 9.59 Å². The Bertz CT molecular complexity index is 740. The Hall–Kier alpha value is -2.37. The van der Waals surface area contributed by atoms with E-state index in [4.69, 9.17) is 9.47 Å². The van der Waals surface area contributed by atoms with Gasteiger partial charge in [-0.15, -0.1) is 0 Å². The van der Waals surface area contributed by atoms with Gasteiger partial charge in [-0.1, -0.05) is 63.4 Å². The molecule has 0 aromatic heterocycles. The lowest BCUT2D eigenvalue weighted by Crippen LogP contribution is -2.45. The minimum atomic E-state index is -0.654. The molecule has 1 heterocycles. The van der Waals surface area contributed by atoms with Crippen LogP contribution in [-0.4, -0.2) is 34.5 Å². The molecule has 0 aliphatic carbocycles. The van der Waals surface area contributed by atoms with Gasteiger partial charge in [-0.25, -0.2) is 9.69 Å². The lowest BCUT2D eigenvalue weighted by molar-refractivity contribution is -0.164. The maximum Gasteiger partial charge on any atom is 0.417 e. The lowest BCUT2D eigenvalue weighted by atomic mass is 9.87. The van der Waals surface area contributed by atoms with Crippen molar-refractivity contribution in [2.45, 2.75) is 85.0 Å². The average molecular weight is 418 g/mol. The molecule has 1 aromatic rings. The molecule has 166 valence electrons. The van der Waals surface area contributed by atoms with E-state index in [1.807, 2.05) is 37.3 Å². The molecule has 1 saturated heterocycles. The number of carbonyl (C=O) groups is 3. The fourth-order valence-electron chi connectivity index (χ4n) is 3.78. The van der Waals surface area contributed by atoms with Crippen LogP contribution in [-0.2, 0) is 19.1 Å². The van der Waals surface area contributed by atoms with Gasteiger partial charge in [-0.2, -0.15) is 0 Å². The Morgan fingerprint density at radius 1 is 1.17 bits per heavy atom. The van der Waals surface area contributed by atoms with E-state index in [-0.39, 0.29) is 5.91 Å². The molecule has 1 unspecified atom stereocenters. The van der Waals surface area contributed by atoms with Crippen molar-refractivity contribution >= 4 is 18.0 Å². The molecule has 0 radical (unpaired) electrons. The molecule has 0 N–H and O–H groups in total. The first-order valence-corrected chi connectivity index (χ1v) is 10.9. The van der Waals surface area contributed by atoms with Crippen LogP contribution in [0.25, 0.3) is 0 Å². The summed E-state index contributed by atoms with van der Waals surface area (Å²) in [5.74, 6) is -2.06. The number of rotatable bonds is 8. The fourth-order valence-corrected chi connectivity index (χ4v) is 3.78. The number of amides is 2. The van der Waals surface area contributed by atoms with E-state index in [0.29, 0.717) is 6.42 Å². The van der Waals surface area contributed by atoms with Crippen LogP contribution in [0.4, 0.5) is 4.79 Å². The van der Waals surface area contributed by atoms with Crippen LogP contribution in [0.15, 0.2) is 30.3 Å². The largest absolute Gasteiger partial charge is 0.460 e. The van der Waals surface area contributed by atoms with Gasteiger partial charge in [0.2, 0.25) is 5.91 Å². The van der Waals surface area contributed by atoms with E-state index < -0.39 is 41.6 Å². The van der Waals surface area contributed by atoms with Gasteiger partial charge in [0, 0.05) is 0 Å². The molecule has 2 amide bonds. The molecule has 30 heavy (non-hydrogen) atoms. The number of hydrogen-bond acceptors (Lipinski definition) is 5. The number of hydrogen-bond donors (Lipinski definition) is 0. The highest BCUT2D eigenvalue weighted by Crippen LogP contribution is 2.35. The van der Waals surface area contributed by atoms with Crippen LogP contribution < -0.4 is 0 Å². The molecule has 4 atom stereocenters. The third-order valence-corrected chi connectivity index (χ3v) is 5.45. The highest BCUT2D eigenvalue weighted by atomic mass is 16.6.